The molecule has 1 aliphatic rings. The lowest BCUT2D eigenvalue weighted by atomic mass is 10.1. The lowest BCUT2D eigenvalue weighted by Gasteiger charge is -2.18. The van der Waals surface area contributed by atoms with Gasteiger partial charge in [0.25, 0.3) is 5.91 Å². The van der Waals surface area contributed by atoms with Gasteiger partial charge in [-0.1, -0.05) is 0 Å². The number of halogens is 1. The van der Waals surface area contributed by atoms with Gasteiger partial charge in [0.15, 0.2) is 0 Å². The Hall–Kier alpha value is -1.18. The van der Waals surface area contributed by atoms with Gasteiger partial charge in [0, 0.05) is 50.3 Å². The molecule has 2 heterocycles. The molecular weight excluding hydrogens is 324 g/mol. The molecule has 1 aromatic heterocycles. The Balaban J connectivity index is 2.06. The SMILES string of the molecule is CN(C)c1ncc(Br)cc1C(=O)NCC1CNCC1O. The van der Waals surface area contributed by atoms with Crippen molar-refractivity contribution in [3.8, 4) is 0 Å². The standard InChI is InChI=1S/C13H19BrN4O2/c1-18(2)12-10(3-9(14)6-16-12)13(20)17-5-8-4-15-7-11(8)19/h3,6,8,11,15,19H,4-5,7H2,1-2H3,(H,17,20). The van der Waals surface area contributed by atoms with Crippen LogP contribution in [0.15, 0.2) is 16.7 Å². The number of pyridine rings is 1. The minimum atomic E-state index is -0.399. The summed E-state index contributed by atoms with van der Waals surface area (Å²) < 4.78 is 0.760. The highest BCUT2D eigenvalue weighted by atomic mass is 79.9. The zero-order valence-corrected chi connectivity index (χ0v) is 13.1. The molecule has 0 radical (unpaired) electrons. The van der Waals surface area contributed by atoms with E-state index in [0.29, 0.717) is 24.5 Å². The van der Waals surface area contributed by atoms with Crippen molar-refractivity contribution in [3.63, 3.8) is 0 Å². The van der Waals surface area contributed by atoms with Crippen LogP contribution in [0.4, 0.5) is 5.82 Å². The molecule has 0 aromatic carbocycles. The van der Waals surface area contributed by atoms with Crippen molar-refractivity contribution < 1.29 is 9.90 Å². The fraction of sp³-hybridized carbons (Fsp3) is 0.538. The number of carbonyl (C=O) groups excluding carboxylic acids is 1. The molecule has 3 N–H and O–H groups in total. The summed E-state index contributed by atoms with van der Waals surface area (Å²) in [5.41, 5.74) is 0.518. The quantitative estimate of drug-likeness (QED) is 0.729. The molecule has 2 unspecified atom stereocenters. The maximum atomic E-state index is 12.3. The first-order valence-electron chi connectivity index (χ1n) is 6.49. The number of nitrogens with one attached hydrogen (secondary N) is 2. The first-order chi connectivity index (χ1) is 9.49. The van der Waals surface area contributed by atoms with E-state index >= 15 is 0 Å². The lowest BCUT2D eigenvalue weighted by molar-refractivity contribution is 0.0927. The smallest absolute Gasteiger partial charge is 0.255 e. The number of carbonyl (C=O) groups is 1. The van der Waals surface area contributed by atoms with Crippen LogP contribution in [-0.2, 0) is 0 Å². The third kappa shape index (κ3) is 3.47. The zero-order valence-electron chi connectivity index (χ0n) is 11.6. The van der Waals surface area contributed by atoms with Crippen LogP contribution in [0.3, 0.4) is 0 Å². The summed E-state index contributed by atoms with van der Waals surface area (Å²) in [7, 11) is 3.69. The van der Waals surface area contributed by atoms with E-state index in [9.17, 15) is 9.90 Å². The lowest BCUT2D eigenvalue weighted by Crippen LogP contribution is -2.35. The Kier molecular flexibility index (Phi) is 4.95. The first kappa shape index (κ1) is 15.2. The van der Waals surface area contributed by atoms with E-state index in [-0.39, 0.29) is 11.8 Å². The van der Waals surface area contributed by atoms with E-state index in [1.807, 2.05) is 14.1 Å². The number of nitrogens with zero attached hydrogens (tertiary/aromatic N) is 2. The Morgan fingerprint density at radius 1 is 1.60 bits per heavy atom. The number of aliphatic hydroxyl groups excluding tert-OH is 1. The molecule has 110 valence electrons. The first-order valence-corrected chi connectivity index (χ1v) is 7.28. The average Bonchev–Trinajstić information content (AvgIpc) is 2.81. The van der Waals surface area contributed by atoms with Gasteiger partial charge in [-0.25, -0.2) is 4.98 Å². The monoisotopic (exact) mass is 342 g/mol. The molecule has 0 saturated carbocycles. The van der Waals surface area contributed by atoms with Crippen molar-refractivity contribution >= 4 is 27.7 Å². The summed E-state index contributed by atoms with van der Waals surface area (Å²) >= 11 is 3.33. The van der Waals surface area contributed by atoms with Crippen molar-refractivity contribution in [2.45, 2.75) is 6.10 Å². The third-order valence-corrected chi connectivity index (χ3v) is 3.76. The van der Waals surface area contributed by atoms with Crippen LogP contribution in [0.5, 0.6) is 0 Å². The molecule has 6 nitrogen and oxygen atoms in total. The predicted octanol–water partition coefficient (Wildman–Crippen LogP) is 0.220. The molecule has 1 aliphatic heterocycles. The summed E-state index contributed by atoms with van der Waals surface area (Å²) in [6.07, 6.45) is 1.26. The average molecular weight is 343 g/mol. The van der Waals surface area contributed by atoms with Gasteiger partial charge in [-0.05, 0) is 22.0 Å². The van der Waals surface area contributed by atoms with E-state index < -0.39 is 6.10 Å². The molecule has 1 fully saturated rings. The topological polar surface area (TPSA) is 77.5 Å². The number of hydrogen-bond donors (Lipinski definition) is 3. The number of aliphatic hydroxyl groups is 1. The van der Waals surface area contributed by atoms with Crippen LogP contribution in [-0.4, -0.2) is 55.8 Å². The molecule has 7 heteroatoms. The summed E-state index contributed by atoms with van der Waals surface area (Å²) in [6.45, 7) is 1.76. The molecule has 1 saturated heterocycles. The van der Waals surface area contributed by atoms with E-state index in [2.05, 4.69) is 31.5 Å². The van der Waals surface area contributed by atoms with E-state index in [0.717, 1.165) is 11.0 Å². The molecule has 0 aliphatic carbocycles. The van der Waals surface area contributed by atoms with Crippen LogP contribution in [0, 0.1) is 5.92 Å². The summed E-state index contributed by atoms with van der Waals surface area (Å²) in [5, 5.41) is 15.7. The van der Waals surface area contributed by atoms with E-state index in [1.165, 1.54) is 0 Å². The minimum absolute atomic E-state index is 0.0573. The van der Waals surface area contributed by atoms with Gasteiger partial charge in [-0.2, -0.15) is 0 Å². The number of β-amino-alcohol motifs (C(OH)–C–C–N with tert-alkyl or cyclic N) is 1. The second-order valence-corrected chi connectivity index (χ2v) is 6.03. The highest BCUT2D eigenvalue weighted by molar-refractivity contribution is 9.10. The number of hydrogen-bond acceptors (Lipinski definition) is 5. The van der Waals surface area contributed by atoms with Gasteiger partial charge in [0.2, 0.25) is 0 Å². The van der Waals surface area contributed by atoms with Crippen LogP contribution in [0.2, 0.25) is 0 Å². The number of anilines is 1. The van der Waals surface area contributed by atoms with Crippen molar-refractivity contribution in [2.24, 2.45) is 5.92 Å². The normalized spacial score (nSPS) is 21.8. The van der Waals surface area contributed by atoms with Crippen molar-refractivity contribution in [3.05, 3.63) is 22.3 Å². The van der Waals surface area contributed by atoms with Gasteiger partial charge in [0.1, 0.15) is 5.82 Å². The zero-order chi connectivity index (χ0) is 14.7. The van der Waals surface area contributed by atoms with Gasteiger partial charge < -0.3 is 20.6 Å². The van der Waals surface area contributed by atoms with Gasteiger partial charge in [-0.3, -0.25) is 4.79 Å². The Morgan fingerprint density at radius 2 is 2.35 bits per heavy atom. The van der Waals surface area contributed by atoms with Crippen LogP contribution in [0.1, 0.15) is 10.4 Å². The second kappa shape index (κ2) is 6.51. The minimum Gasteiger partial charge on any atom is -0.391 e. The number of amides is 1. The van der Waals surface area contributed by atoms with E-state index in [1.54, 1.807) is 17.2 Å². The van der Waals surface area contributed by atoms with Gasteiger partial charge in [0.05, 0.1) is 11.7 Å². The molecule has 0 spiro atoms. The summed E-state index contributed by atoms with van der Waals surface area (Å²) in [5.74, 6) is 0.499. The molecule has 20 heavy (non-hydrogen) atoms. The van der Waals surface area contributed by atoms with Crippen LogP contribution in [0.25, 0.3) is 0 Å². The van der Waals surface area contributed by atoms with Crippen LogP contribution < -0.4 is 15.5 Å². The van der Waals surface area contributed by atoms with Crippen molar-refractivity contribution in [1.82, 2.24) is 15.6 Å². The maximum Gasteiger partial charge on any atom is 0.255 e. The summed E-state index contributed by atoms with van der Waals surface area (Å²) in [6, 6.07) is 1.75. The maximum absolute atomic E-state index is 12.3. The Bertz CT molecular complexity index is 495. The predicted molar refractivity (Wildman–Crippen MR) is 81.0 cm³/mol. The molecule has 2 rings (SSSR count). The number of rotatable bonds is 4. The molecule has 1 amide bonds. The molecule has 2 atom stereocenters. The third-order valence-electron chi connectivity index (χ3n) is 3.33. The van der Waals surface area contributed by atoms with Crippen LogP contribution >= 0.6 is 15.9 Å². The van der Waals surface area contributed by atoms with Crippen molar-refractivity contribution in [1.29, 1.82) is 0 Å². The number of aromatic nitrogens is 1. The van der Waals surface area contributed by atoms with Crippen molar-refractivity contribution in [2.75, 3.05) is 38.6 Å². The van der Waals surface area contributed by atoms with E-state index in [4.69, 9.17) is 0 Å². The van der Waals surface area contributed by atoms with Gasteiger partial charge >= 0.3 is 0 Å². The largest absolute Gasteiger partial charge is 0.391 e. The highest BCUT2D eigenvalue weighted by Crippen LogP contribution is 2.20. The second-order valence-electron chi connectivity index (χ2n) is 5.11. The molecular formula is C13H19BrN4O2. The highest BCUT2D eigenvalue weighted by Gasteiger charge is 2.25. The Morgan fingerprint density at radius 3 is 2.95 bits per heavy atom. The molecule has 0 bridgehead atoms. The molecule has 1 aromatic rings. The fourth-order valence-electron chi connectivity index (χ4n) is 2.20. The summed E-state index contributed by atoms with van der Waals surface area (Å²) in [4.78, 5) is 18.3. The van der Waals surface area contributed by atoms with Gasteiger partial charge in [-0.15, -0.1) is 0 Å². The Labute approximate surface area is 126 Å². The fourth-order valence-corrected chi connectivity index (χ4v) is 2.53.